The van der Waals surface area contributed by atoms with Crippen LogP contribution in [0.4, 0.5) is 5.69 Å². The van der Waals surface area contributed by atoms with E-state index in [0.717, 1.165) is 43.3 Å². The summed E-state index contributed by atoms with van der Waals surface area (Å²) in [5, 5.41) is 10.4. The van der Waals surface area contributed by atoms with Gasteiger partial charge >= 0.3 is 0 Å². The lowest BCUT2D eigenvalue weighted by Gasteiger charge is -2.37. The molecule has 1 atom stereocenters. The van der Waals surface area contributed by atoms with Crippen molar-refractivity contribution in [3.8, 4) is 17.2 Å². The molecule has 7 nitrogen and oxygen atoms in total. The molecule has 1 aliphatic rings. The predicted molar refractivity (Wildman–Crippen MR) is 129 cm³/mol. The Balaban J connectivity index is 1.90. The maximum Gasteiger partial charge on any atom is 0.126 e. The van der Waals surface area contributed by atoms with Crippen molar-refractivity contribution in [2.45, 2.75) is 50.9 Å². The van der Waals surface area contributed by atoms with Crippen molar-refractivity contribution in [1.82, 2.24) is 4.90 Å². The highest BCUT2D eigenvalue weighted by atomic mass is 35.5. The molecule has 180 valence electrons. The molecular formula is C25H33ClN2O5. The third-order valence-corrected chi connectivity index (χ3v) is 6.36. The van der Waals surface area contributed by atoms with Crippen LogP contribution in [0.25, 0.3) is 0 Å². The number of hydrogen-bond acceptors (Lipinski definition) is 7. The van der Waals surface area contributed by atoms with E-state index in [2.05, 4.69) is 4.90 Å². The average molecular weight is 477 g/mol. The van der Waals surface area contributed by atoms with Gasteiger partial charge in [0.15, 0.2) is 0 Å². The van der Waals surface area contributed by atoms with E-state index in [1.54, 1.807) is 20.3 Å². The van der Waals surface area contributed by atoms with E-state index in [0.29, 0.717) is 53.8 Å². The fraction of sp³-hybridized carbons (Fsp3) is 0.480. The Morgan fingerprint density at radius 1 is 1.15 bits per heavy atom. The average Bonchev–Trinajstić information content (AvgIpc) is 2.83. The van der Waals surface area contributed by atoms with Gasteiger partial charge in [0.25, 0.3) is 0 Å². The third kappa shape index (κ3) is 6.76. The summed E-state index contributed by atoms with van der Waals surface area (Å²) in [4.78, 5) is 13.3. The van der Waals surface area contributed by atoms with E-state index >= 15 is 0 Å². The van der Waals surface area contributed by atoms with E-state index in [1.807, 2.05) is 24.3 Å². The number of halogens is 1. The minimum atomic E-state index is -0.273. The van der Waals surface area contributed by atoms with Gasteiger partial charge in [-0.25, -0.2) is 0 Å². The molecule has 0 saturated carbocycles. The summed E-state index contributed by atoms with van der Waals surface area (Å²) in [6.45, 7) is 1.82. The molecule has 33 heavy (non-hydrogen) atoms. The van der Waals surface area contributed by atoms with Gasteiger partial charge in [0.05, 0.1) is 31.0 Å². The number of hydrogen-bond donors (Lipinski definition) is 2. The number of piperidine rings is 1. The lowest BCUT2D eigenvalue weighted by Crippen LogP contribution is -2.38. The van der Waals surface area contributed by atoms with Crippen molar-refractivity contribution in [3.63, 3.8) is 0 Å². The van der Waals surface area contributed by atoms with Crippen molar-refractivity contribution >= 4 is 23.6 Å². The highest BCUT2D eigenvalue weighted by molar-refractivity contribution is 6.33. The van der Waals surface area contributed by atoms with Crippen LogP contribution >= 0.6 is 11.6 Å². The van der Waals surface area contributed by atoms with Crippen molar-refractivity contribution in [3.05, 3.63) is 46.5 Å². The number of rotatable bonds is 11. The van der Waals surface area contributed by atoms with E-state index in [1.165, 1.54) is 0 Å². The number of ether oxygens (including phenoxy) is 3. The number of aldehydes is 1. The molecule has 2 aromatic rings. The number of nitrogens with zero attached hydrogens (tertiary/aromatic N) is 1. The molecule has 0 spiro atoms. The number of nitrogens with two attached hydrogens (primary N) is 1. The van der Waals surface area contributed by atoms with Crippen molar-refractivity contribution < 1.29 is 24.1 Å². The minimum Gasteiger partial charge on any atom is -0.497 e. The zero-order chi connectivity index (χ0) is 23.8. The van der Waals surface area contributed by atoms with Crippen LogP contribution in [-0.4, -0.2) is 49.7 Å². The van der Waals surface area contributed by atoms with E-state index in [9.17, 15) is 9.90 Å². The summed E-state index contributed by atoms with van der Waals surface area (Å²) in [7, 11) is 3.22. The molecule has 3 rings (SSSR count). The quantitative estimate of drug-likeness (QED) is 0.282. The van der Waals surface area contributed by atoms with Crippen LogP contribution in [0.2, 0.25) is 5.02 Å². The maximum absolute atomic E-state index is 10.9. The van der Waals surface area contributed by atoms with Crippen molar-refractivity contribution in [2.24, 2.45) is 0 Å². The van der Waals surface area contributed by atoms with E-state index < -0.39 is 0 Å². The second-order valence-electron chi connectivity index (χ2n) is 8.30. The van der Waals surface area contributed by atoms with Crippen molar-refractivity contribution in [1.29, 1.82) is 0 Å². The Bertz CT molecular complexity index is 909. The fourth-order valence-corrected chi connectivity index (χ4v) is 4.38. The number of likely N-dealkylation sites (tertiary alicyclic amines) is 1. The smallest absolute Gasteiger partial charge is 0.126 e. The first kappa shape index (κ1) is 25.1. The van der Waals surface area contributed by atoms with Gasteiger partial charge in [-0.1, -0.05) is 11.6 Å². The molecule has 1 saturated heterocycles. The van der Waals surface area contributed by atoms with Crippen LogP contribution in [-0.2, 0) is 11.4 Å². The molecule has 2 aromatic carbocycles. The molecular weight excluding hydrogens is 444 g/mol. The van der Waals surface area contributed by atoms with Gasteiger partial charge in [-0.05, 0) is 49.4 Å². The summed E-state index contributed by atoms with van der Waals surface area (Å²) in [5.41, 5.74) is 8.40. The number of benzene rings is 2. The topological polar surface area (TPSA) is 94.3 Å². The standard InChI is InChI=1S/C25H33ClN2O5/c1-31-19-11-17(12-20(13-19)32-2)16-33-25-15-23(27)22(26)14-21(25)24(5-3-4-10-29)28-8-6-18(30)7-9-28/h10-15,18,24,30H,3-9,16,27H2,1-2H3. The number of nitrogen functional groups attached to an aromatic ring is 1. The number of aliphatic hydroxyl groups is 1. The summed E-state index contributed by atoms with van der Waals surface area (Å²) < 4.78 is 17.0. The molecule has 0 bridgehead atoms. The molecule has 1 unspecified atom stereocenters. The molecule has 0 amide bonds. The monoisotopic (exact) mass is 476 g/mol. The normalized spacial score (nSPS) is 15.8. The Labute approximate surface area is 200 Å². The van der Waals surface area contributed by atoms with Crippen LogP contribution < -0.4 is 19.9 Å². The minimum absolute atomic E-state index is 0.00500. The van der Waals surface area contributed by atoms with Gasteiger partial charge in [0.1, 0.15) is 30.1 Å². The Morgan fingerprint density at radius 3 is 2.42 bits per heavy atom. The van der Waals surface area contributed by atoms with E-state index in [4.69, 9.17) is 31.5 Å². The zero-order valence-electron chi connectivity index (χ0n) is 19.3. The number of anilines is 1. The number of carbonyl (C=O) groups is 1. The van der Waals surface area contributed by atoms with E-state index in [-0.39, 0.29) is 12.1 Å². The molecule has 1 aliphatic heterocycles. The highest BCUT2D eigenvalue weighted by Gasteiger charge is 2.28. The molecule has 0 aromatic heterocycles. The van der Waals surface area contributed by atoms with Gasteiger partial charge in [-0.15, -0.1) is 0 Å². The predicted octanol–water partition coefficient (Wildman–Crippen LogP) is 4.39. The SMILES string of the molecule is COc1cc(COc2cc(N)c(Cl)cc2C(CCCC=O)N2CCC(O)CC2)cc(OC)c1. The van der Waals surface area contributed by atoms with Gasteiger partial charge in [0, 0.05) is 43.2 Å². The summed E-state index contributed by atoms with van der Waals surface area (Å²) in [6.07, 6.45) is 4.13. The summed E-state index contributed by atoms with van der Waals surface area (Å²) >= 11 is 6.42. The maximum atomic E-state index is 10.9. The van der Waals surface area contributed by atoms with Crippen LogP contribution in [0.1, 0.15) is 49.3 Å². The lowest BCUT2D eigenvalue weighted by molar-refractivity contribution is -0.108. The molecule has 3 N–H and O–H groups in total. The number of aliphatic hydroxyl groups excluding tert-OH is 1. The fourth-order valence-electron chi connectivity index (χ4n) is 4.21. The molecule has 8 heteroatoms. The summed E-state index contributed by atoms with van der Waals surface area (Å²) in [5.74, 6) is 2.02. The second-order valence-corrected chi connectivity index (χ2v) is 8.71. The molecule has 0 aliphatic carbocycles. The Kier molecular flexibility index (Phi) is 9.23. The van der Waals surface area contributed by atoms with Gasteiger partial charge in [-0.3, -0.25) is 4.90 Å². The van der Waals surface area contributed by atoms with Crippen LogP contribution in [0, 0.1) is 0 Å². The highest BCUT2D eigenvalue weighted by Crippen LogP contribution is 2.39. The largest absolute Gasteiger partial charge is 0.497 e. The molecule has 0 radical (unpaired) electrons. The van der Waals surface area contributed by atoms with Crippen LogP contribution in [0.5, 0.6) is 17.2 Å². The number of unbranched alkanes of at least 4 members (excludes halogenated alkanes) is 1. The van der Waals surface area contributed by atoms with Gasteiger partial charge in [-0.2, -0.15) is 0 Å². The first-order valence-corrected chi connectivity index (χ1v) is 11.6. The second kappa shape index (κ2) is 12.1. The van der Waals surface area contributed by atoms with Crippen LogP contribution in [0.3, 0.4) is 0 Å². The number of carbonyl (C=O) groups excluding carboxylic acids is 1. The van der Waals surface area contributed by atoms with Gasteiger partial charge < -0.3 is 29.8 Å². The lowest BCUT2D eigenvalue weighted by atomic mass is 9.95. The Morgan fingerprint density at radius 2 is 1.82 bits per heavy atom. The third-order valence-electron chi connectivity index (χ3n) is 6.03. The number of methoxy groups -OCH3 is 2. The summed E-state index contributed by atoms with van der Waals surface area (Å²) in [6, 6.07) is 9.24. The Hall–Kier alpha value is -2.48. The first-order chi connectivity index (χ1) is 15.9. The van der Waals surface area contributed by atoms with Crippen molar-refractivity contribution in [2.75, 3.05) is 33.0 Å². The van der Waals surface area contributed by atoms with Crippen LogP contribution in [0.15, 0.2) is 30.3 Å². The first-order valence-electron chi connectivity index (χ1n) is 11.2. The van der Waals surface area contributed by atoms with Gasteiger partial charge in [0.2, 0.25) is 0 Å². The zero-order valence-corrected chi connectivity index (χ0v) is 20.0. The molecule has 1 fully saturated rings. The molecule has 1 heterocycles.